The fourth-order valence-corrected chi connectivity index (χ4v) is 4.69. The third-order valence-corrected chi connectivity index (χ3v) is 6.89. The van der Waals surface area contributed by atoms with E-state index >= 15 is 0 Å². The summed E-state index contributed by atoms with van der Waals surface area (Å²) in [4.78, 5) is 16.7. The highest BCUT2D eigenvalue weighted by Crippen LogP contribution is 2.27. The van der Waals surface area contributed by atoms with Crippen molar-refractivity contribution in [1.82, 2.24) is 14.5 Å². The van der Waals surface area contributed by atoms with Crippen molar-refractivity contribution >= 4 is 27.5 Å². The summed E-state index contributed by atoms with van der Waals surface area (Å²) in [6.45, 7) is 3.98. The van der Waals surface area contributed by atoms with Gasteiger partial charge in [0.1, 0.15) is 5.75 Å². The number of rotatable bonds is 10. The van der Waals surface area contributed by atoms with Gasteiger partial charge in [0.2, 0.25) is 10.0 Å². The van der Waals surface area contributed by atoms with Gasteiger partial charge in [-0.05, 0) is 23.8 Å². The molecular formula is C22H28ClN3O5S. The summed E-state index contributed by atoms with van der Waals surface area (Å²) < 4.78 is 37.3. The smallest absolute Gasteiger partial charge is 0.260 e. The molecule has 0 atom stereocenters. The molecule has 1 N–H and O–H groups in total. The highest BCUT2D eigenvalue weighted by Gasteiger charge is 2.22. The SMILES string of the molecule is COCCNS(=O)(=O)c1ccc(OCC(=O)N2CCN(Cc3ccccc3)CC2)c(Cl)c1. The largest absolute Gasteiger partial charge is 0.482 e. The highest BCUT2D eigenvalue weighted by atomic mass is 35.5. The molecule has 0 bridgehead atoms. The molecule has 0 aromatic heterocycles. The van der Waals surface area contributed by atoms with Crippen LogP contribution in [0.2, 0.25) is 5.02 Å². The van der Waals surface area contributed by atoms with Gasteiger partial charge in [-0.1, -0.05) is 41.9 Å². The van der Waals surface area contributed by atoms with E-state index in [1.54, 1.807) is 4.90 Å². The molecular weight excluding hydrogens is 454 g/mol. The lowest BCUT2D eigenvalue weighted by atomic mass is 10.2. The number of hydrogen-bond acceptors (Lipinski definition) is 6. The number of halogens is 1. The number of amides is 1. The Balaban J connectivity index is 1.47. The minimum Gasteiger partial charge on any atom is -0.482 e. The van der Waals surface area contributed by atoms with Crippen LogP contribution in [-0.4, -0.2) is 77.2 Å². The predicted octanol–water partition coefficient (Wildman–Crippen LogP) is 1.99. The van der Waals surface area contributed by atoms with Crippen molar-refractivity contribution in [2.75, 3.05) is 53.0 Å². The topological polar surface area (TPSA) is 88.2 Å². The second-order valence-electron chi connectivity index (χ2n) is 7.41. The lowest BCUT2D eigenvalue weighted by Gasteiger charge is -2.34. The minimum atomic E-state index is -3.70. The minimum absolute atomic E-state index is 0.0202. The molecule has 0 unspecified atom stereocenters. The number of carbonyl (C=O) groups excluding carboxylic acids is 1. The molecule has 0 spiro atoms. The molecule has 2 aromatic rings. The van der Waals surface area contributed by atoms with Gasteiger partial charge in [-0.25, -0.2) is 13.1 Å². The van der Waals surface area contributed by atoms with Gasteiger partial charge in [0, 0.05) is 46.4 Å². The van der Waals surface area contributed by atoms with E-state index < -0.39 is 10.0 Å². The Labute approximate surface area is 194 Å². The van der Waals surface area contributed by atoms with Crippen molar-refractivity contribution in [3.05, 3.63) is 59.1 Å². The number of carbonyl (C=O) groups is 1. The lowest BCUT2D eigenvalue weighted by molar-refractivity contribution is -0.135. The van der Waals surface area contributed by atoms with Crippen molar-refractivity contribution in [1.29, 1.82) is 0 Å². The molecule has 0 saturated carbocycles. The lowest BCUT2D eigenvalue weighted by Crippen LogP contribution is -2.49. The van der Waals surface area contributed by atoms with Gasteiger partial charge in [-0.15, -0.1) is 0 Å². The molecule has 1 amide bonds. The number of ether oxygens (including phenoxy) is 2. The van der Waals surface area contributed by atoms with Gasteiger partial charge in [0.15, 0.2) is 6.61 Å². The molecule has 1 aliphatic heterocycles. The Morgan fingerprint density at radius 3 is 2.47 bits per heavy atom. The van der Waals surface area contributed by atoms with Crippen LogP contribution in [0.5, 0.6) is 5.75 Å². The number of benzene rings is 2. The number of piperazine rings is 1. The number of methoxy groups -OCH3 is 1. The first kappa shape index (κ1) is 24.5. The third-order valence-electron chi connectivity index (χ3n) is 5.14. The third kappa shape index (κ3) is 6.91. The van der Waals surface area contributed by atoms with Crippen molar-refractivity contribution in [2.24, 2.45) is 0 Å². The Kier molecular flexibility index (Phi) is 8.89. The van der Waals surface area contributed by atoms with E-state index in [1.807, 2.05) is 18.2 Å². The zero-order valence-electron chi connectivity index (χ0n) is 18.0. The predicted molar refractivity (Wildman–Crippen MR) is 122 cm³/mol. The number of nitrogens with zero attached hydrogens (tertiary/aromatic N) is 2. The van der Waals surface area contributed by atoms with Crippen molar-refractivity contribution in [3.8, 4) is 5.75 Å². The maximum Gasteiger partial charge on any atom is 0.260 e. The van der Waals surface area contributed by atoms with Gasteiger partial charge in [-0.2, -0.15) is 0 Å². The summed E-state index contributed by atoms with van der Waals surface area (Å²) in [6, 6.07) is 14.4. The molecule has 0 aliphatic carbocycles. The fourth-order valence-electron chi connectivity index (χ4n) is 3.35. The van der Waals surface area contributed by atoms with Crippen molar-refractivity contribution in [3.63, 3.8) is 0 Å². The normalized spacial score (nSPS) is 15.0. The van der Waals surface area contributed by atoms with E-state index in [1.165, 1.54) is 30.9 Å². The molecule has 10 heteroatoms. The quantitative estimate of drug-likeness (QED) is 0.522. The highest BCUT2D eigenvalue weighted by molar-refractivity contribution is 7.89. The Hall–Kier alpha value is -2.17. The average Bonchev–Trinajstić information content (AvgIpc) is 2.79. The summed E-state index contributed by atoms with van der Waals surface area (Å²) in [7, 11) is -2.21. The summed E-state index contributed by atoms with van der Waals surface area (Å²) in [6.07, 6.45) is 0. The number of hydrogen-bond donors (Lipinski definition) is 1. The van der Waals surface area contributed by atoms with Crippen LogP contribution >= 0.6 is 11.6 Å². The van der Waals surface area contributed by atoms with Crippen molar-refractivity contribution in [2.45, 2.75) is 11.4 Å². The Morgan fingerprint density at radius 1 is 1.09 bits per heavy atom. The van der Waals surface area contributed by atoms with Crippen molar-refractivity contribution < 1.29 is 22.7 Å². The second kappa shape index (κ2) is 11.6. The number of nitrogens with one attached hydrogen (secondary N) is 1. The molecule has 2 aromatic carbocycles. The maximum atomic E-state index is 12.5. The first-order valence-electron chi connectivity index (χ1n) is 10.3. The van der Waals surface area contributed by atoms with Crippen LogP contribution < -0.4 is 9.46 Å². The van der Waals surface area contributed by atoms with E-state index in [9.17, 15) is 13.2 Å². The summed E-state index contributed by atoms with van der Waals surface area (Å²) in [5, 5.41) is 0.125. The zero-order chi connectivity index (χ0) is 23.0. The molecule has 0 radical (unpaired) electrons. The van der Waals surface area contributed by atoms with Crippen LogP contribution in [0.25, 0.3) is 0 Å². The molecule has 1 aliphatic rings. The Bertz CT molecular complexity index is 996. The zero-order valence-corrected chi connectivity index (χ0v) is 19.6. The maximum absolute atomic E-state index is 12.5. The van der Waals surface area contributed by atoms with Gasteiger partial charge >= 0.3 is 0 Å². The summed E-state index contributed by atoms with van der Waals surface area (Å²) in [5.74, 6) is 0.136. The molecule has 1 saturated heterocycles. The van der Waals surface area contributed by atoms with E-state index in [-0.39, 0.29) is 41.3 Å². The standard InChI is InChI=1S/C22H28ClN3O5S/c1-30-14-9-24-32(28,29)19-7-8-21(20(23)15-19)31-17-22(27)26-12-10-25(11-13-26)16-18-5-3-2-4-6-18/h2-8,15,24H,9-14,16-17H2,1H3. The van der Waals surface area contributed by atoms with Crippen LogP contribution in [0.1, 0.15) is 5.56 Å². The average molecular weight is 482 g/mol. The molecule has 1 heterocycles. The van der Waals surface area contributed by atoms with Crippen LogP contribution in [0.15, 0.2) is 53.4 Å². The Morgan fingerprint density at radius 2 is 1.81 bits per heavy atom. The van der Waals surface area contributed by atoms with Crippen LogP contribution in [0.4, 0.5) is 0 Å². The van der Waals surface area contributed by atoms with Crippen LogP contribution in [0, 0.1) is 0 Å². The monoisotopic (exact) mass is 481 g/mol. The first-order chi connectivity index (χ1) is 15.4. The molecule has 8 nitrogen and oxygen atoms in total. The molecule has 32 heavy (non-hydrogen) atoms. The molecule has 3 rings (SSSR count). The van der Waals surface area contributed by atoms with Gasteiger partial charge in [0.05, 0.1) is 16.5 Å². The molecule has 1 fully saturated rings. The molecule has 174 valence electrons. The van der Waals surface area contributed by atoms with E-state index in [2.05, 4.69) is 21.8 Å². The van der Waals surface area contributed by atoms with Gasteiger partial charge in [0.25, 0.3) is 5.91 Å². The fraction of sp³-hybridized carbons (Fsp3) is 0.409. The second-order valence-corrected chi connectivity index (χ2v) is 9.59. The van der Waals surface area contributed by atoms with Crippen LogP contribution in [-0.2, 0) is 26.1 Å². The first-order valence-corrected chi connectivity index (χ1v) is 12.2. The van der Waals surface area contributed by atoms with E-state index in [0.717, 1.165) is 19.6 Å². The van der Waals surface area contributed by atoms with Crippen LogP contribution in [0.3, 0.4) is 0 Å². The van der Waals surface area contributed by atoms with Gasteiger partial charge < -0.3 is 14.4 Å². The van der Waals surface area contributed by atoms with E-state index in [4.69, 9.17) is 21.1 Å². The summed E-state index contributed by atoms with van der Waals surface area (Å²) in [5.41, 5.74) is 1.25. The van der Waals surface area contributed by atoms with Gasteiger partial charge in [-0.3, -0.25) is 9.69 Å². The number of sulfonamides is 1. The van der Waals surface area contributed by atoms with E-state index in [0.29, 0.717) is 13.1 Å². The summed E-state index contributed by atoms with van der Waals surface area (Å²) >= 11 is 6.19.